The van der Waals surface area contributed by atoms with E-state index in [1.807, 2.05) is 53.1 Å². The molecule has 3 aromatic carbocycles. The molecule has 4 aromatic rings. The maximum Gasteiger partial charge on any atom is 0.353 e. The van der Waals surface area contributed by atoms with Gasteiger partial charge >= 0.3 is 5.97 Å². The second kappa shape index (κ2) is 7.38. The van der Waals surface area contributed by atoms with Gasteiger partial charge in [0.05, 0.1) is 7.11 Å². The first-order valence-electron chi connectivity index (χ1n) is 10.2. The summed E-state index contributed by atoms with van der Waals surface area (Å²) in [6.45, 7) is 0.458. The number of nitrogens with zero attached hydrogens (tertiary/aromatic N) is 1. The van der Waals surface area contributed by atoms with Gasteiger partial charge in [-0.2, -0.15) is 0 Å². The van der Waals surface area contributed by atoms with Crippen molar-refractivity contribution in [2.24, 2.45) is 0 Å². The van der Waals surface area contributed by atoms with E-state index in [4.69, 9.17) is 4.74 Å². The number of methoxy groups -OCH3 is 1. The van der Waals surface area contributed by atoms with E-state index in [9.17, 15) is 9.90 Å². The Morgan fingerprint density at radius 1 is 1.03 bits per heavy atom. The minimum Gasteiger partial charge on any atom is -0.497 e. The molecule has 30 heavy (non-hydrogen) atoms. The number of aromatic carboxylic acids is 1. The molecule has 1 aromatic heterocycles. The number of benzene rings is 3. The zero-order valence-electron chi connectivity index (χ0n) is 16.8. The molecule has 0 radical (unpaired) electrons. The van der Waals surface area contributed by atoms with E-state index in [0.717, 1.165) is 33.3 Å². The molecule has 1 saturated carbocycles. The zero-order valence-corrected chi connectivity index (χ0v) is 16.8. The summed E-state index contributed by atoms with van der Waals surface area (Å²) in [6, 6.07) is 24.1. The average molecular weight is 397 g/mol. The number of carboxylic acids is 1. The summed E-state index contributed by atoms with van der Waals surface area (Å²) in [5, 5.41) is 11.2. The maximum atomic E-state index is 12.4. The lowest BCUT2D eigenvalue weighted by Crippen LogP contribution is -2.10. The normalized spacial score (nSPS) is 13.5. The topological polar surface area (TPSA) is 51.5 Å². The largest absolute Gasteiger partial charge is 0.497 e. The van der Waals surface area contributed by atoms with Gasteiger partial charge in [0.15, 0.2) is 0 Å². The van der Waals surface area contributed by atoms with Crippen molar-refractivity contribution in [1.29, 1.82) is 0 Å². The van der Waals surface area contributed by atoms with Crippen LogP contribution in [0.2, 0.25) is 0 Å². The second-order valence-electron chi connectivity index (χ2n) is 7.88. The van der Waals surface area contributed by atoms with E-state index < -0.39 is 5.97 Å². The van der Waals surface area contributed by atoms with Gasteiger partial charge in [-0.25, -0.2) is 4.79 Å². The standard InChI is InChI=1S/C26H23NO3/c1-30-21-6-4-5-17(15-21)16-27-23-8-3-2-7-22(23)24(25(27)26(28)29)20-13-11-19(12-14-20)18-9-10-18/h2-8,11-15,18H,9-10,16H2,1H3,(H,28,29). The molecular weight excluding hydrogens is 374 g/mol. The average Bonchev–Trinajstić information content (AvgIpc) is 3.57. The van der Waals surface area contributed by atoms with Crippen LogP contribution in [0.1, 0.15) is 40.4 Å². The first-order valence-corrected chi connectivity index (χ1v) is 10.2. The van der Waals surface area contributed by atoms with Crippen molar-refractivity contribution in [1.82, 2.24) is 4.57 Å². The molecule has 1 aliphatic rings. The van der Waals surface area contributed by atoms with Crippen LogP contribution < -0.4 is 4.74 Å². The van der Waals surface area contributed by atoms with Gasteiger partial charge in [-0.3, -0.25) is 0 Å². The highest BCUT2D eigenvalue weighted by Gasteiger charge is 2.26. The molecule has 4 heteroatoms. The minimum absolute atomic E-state index is 0.318. The number of carbonyl (C=O) groups is 1. The number of para-hydroxylation sites is 1. The molecule has 0 atom stereocenters. The lowest BCUT2D eigenvalue weighted by atomic mass is 9.99. The highest BCUT2D eigenvalue weighted by Crippen LogP contribution is 2.41. The number of fused-ring (bicyclic) bond motifs is 1. The molecule has 1 aliphatic carbocycles. The van der Waals surface area contributed by atoms with Crippen molar-refractivity contribution in [3.63, 3.8) is 0 Å². The van der Waals surface area contributed by atoms with Crippen molar-refractivity contribution in [3.8, 4) is 16.9 Å². The number of hydrogen-bond acceptors (Lipinski definition) is 2. The molecule has 0 saturated heterocycles. The van der Waals surface area contributed by atoms with Crippen LogP contribution in [0.4, 0.5) is 0 Å². The summed E-state index contributed by atoms with van der Waals surface area (Å²) in [7, 11) is 1.64. The molecule has 0 unspecified atom stereocenters. The fourth-order valence-corrected chi connectivity index (χ4v) is 4.27. The summed E-state index contributed by atoms with van der Waals surface area (Å²) in [5.74, 6) is 0.513. The van der Waals surface area contributed by atoms with E-state index in [1.165, 1.54) is 18.4 Å². The Morgan fingerprint density at radius 3 is 2.50 bits per heavy atom. The lowest BCUT2D eigenvalue weighted by Gasteiger charge is -2.11. The molecule has 1 N–H and O–H groups in total. The van der Waals surface area contributed by atoms with Crippen molar-refractivity contribution >= 4 is 16.9 Å². The predicted octanol–water partition coefficient (Wildman–Crippen LogP) is 5.94. The lowest BCUT2D eigenvalue weighted by molar-refractivity contribution is 0.0687. The molecule has 0 spiro atoms. The van der Waals surface area contributed by atoms with Gasteiger partial charge in [0.2, 0.25) is 0 Å². The number of aromatic nitrogens is 1. The molecule has 0 aliphatic heterocycles. The molecule has 150 valence electrons. The van der Waals surface area contributed by atoms with Crippen LogP contribution in [0.15, 0.2) is 72.8 Å². The molecular formula is C26H23NO3. The number of ether oxygens (including phenoxy) is 1. The van der Waals surface area contributed by atoms with E-state index in [-0.39, 0.29) is 0 Å². The van der Waals surface area contributed by atoms with Crippen LogP contribution >= 0.6 is 0 Å². The van der Waals surface area contributed by atoms with Crippen molar-refractivity contribution in [2.75, 3.05) is 7.11 Å². The van der Waals surface area contributed by atoms with E-state index in [2.05, 4.69) is 24.3 Å². The van der Waals surface area contributed by atoms with Gasteiger partial charge < -0.3 is 14.4 Å². The Balaban J connectivity index is 1.68. The summed E-state index contributed by atoms with van der Waals surface area (Å²) >= 11 is 0. The van der Waals surface area contributed by atoms with Crippen LogP contribution in [0.5, 0.6) is 5.75 Å². The van der Waals surface area contributed by atoms with E-state index >= 15 is 0 Å². The molecule has 5 rings (SSSR count). The van der Waals surface area contributed by atoms with Crippen LogP contribution in [0, 0.1) is 0 Å². The molecule has 1 fully saturated rings. The Morgan fingerprint density at radius 2 is 1.80 bits per heavy atom. The number of rotatable bonds is 6. The molecule has 0 amide bonds. The van der Waals surface area contributed by atoms with Crippen molar-refractivity contribution in [2.45, 2.75) is 25.3 Å². The van der Waals surface area contributed by atoms with Crippen LogP contribution in [-0.2, 0) is 6.54 Å². The first-order chi connectivity index (χ1) is 14.7. The van der Waals surface area contributed by atoms with Gasteiger partial charge in [0.25, 0.3) is 0 Å². The smallest absolute Gasteiger partial charge is 0.353 e. The molecule has 1 heterocycles. The Kier molecular flexibility index (Phi) is 4.55. The second-order valence-corrected chi connectivity index (χ2v) is 7.88. The van der Waals surface area contributed by atoms with E-state index in [1.54, 1.807) is 7.11 Å². The van der Waals surface area contributed by atoms with Gasteiger partial charge in [0.1, 0.15) is 11.4 Å². The highest BCUT2D eigenvalue weighted by atomic mass is 16.5. The SMILES string of the molecule is COc1cccc(Cn2c(C(=O)O)c(-c3ccc(C4CC4)cc3)c3ccccc32)c1. The van der Waals surface area contributed by atoms with Crippen molar-refractivity contribution in [3.05, 3.63) is 89.6 Å². The minimum atomic E-state index is -0.921. The molecule has 4 nitrogen and oxygen atoms in total. The van der Waals surface area contributed by atoms with E-state index in [0.29, 0.717) is 18.2 Å². The summed E-state index contributed by atoms with van der Waals surface area (Å²) in [4.78, 5) is 12.4. The Labute approximate surface area is 175 Å². The summed E-state index contributed by atoms with van der Waals surface area (Å²) in [5.41, 5.74) is 5.29. The predicted molar refractivity (Wildman–Crippen MR) is 118 cm³/mol. The third-order valence-electron chi connectivity index (χ3n) is 5.90. The monoisotopic (exact) mass is 397 g/mol. The van der Waals surface area contributed by atoms with Gasteiger partial charge in [-0.05, 0) is 53.6 Å². The quantitative estimate of drug-likeness (QED) is 0.438. The number of carboxylic acid groups (broad SMARTS) is 1. The molecule has 0 bridgehead atoms. The van der Waals surface area contributed by atoms with Gasteiger partial charge in [0, 0.05) is 23.0 Å². The van der Waals surface area contributed by atoms with Crippen molar-refractivity contribution < 1.29 is 14.6 Å². The fourth-order valence-electron chi connectivity index (χ4n) is 4.27. The van der Waals surface area contributed by atoms with Gasteiger partial charge in [-0.1, -0.05) is 54.6 Å². The third kappa shape index (κ3) is 3.24. The third-order valence-corrected chi connectivity index (χ3v) is 5.90. The fraction of sp³-hybridized carbons (Fsp3) is 0.192. The van der Waals surface area contributed by atoms with Crippen LogP contribution in [0.3, 0.4) is 0 Å². The van der Waals surface area contributed by atoms with Crippen LogP contribution in [0.25, 0.3) is 22.0 Å². The summed E-state index contributed by atoms with van der Waals surface area (Å²) < 4.78 is 7.24. The van der Waals surface area contributed by atoms with Crippen LogP contribution in [-0.4, -0.2) is 22.8 Å². The number of hydrogen-bond donors (Lipinski definition) is 1. The summed E-state index contributed by atoms with van der Waals surface area (Å²) in [6.07, 6.45) is 2.50. The highest BCUT2D eigenvalue weighted by molar-refractivity contribution is 6.08. The van der Waals surface area contributed by atoms with Gasteiger partial charge in [-0.15, -0.1) is 0 Å². The first kappa shape index (κ1) is 18.5. The maximum absolute atomic E-state index is 12.4. The Bertz CT molecular complexity index is 1230. The Hall–Kier alpha value is -3.53. The zero-order chi connectivity index (χ0) is 20.7.